The molecule has 5 rings (SSSR count). The van der Waals surface area contributed by atoms with Crippen molar-refractivity contribution in [3.63, 3.8) is 0 Å². The molecule has 3 heterocycles. The van der Waals surface area contributed by atoms with Crippen molar-refractivity contribution in [3.8, 4) is 17.2 Å². The molecule has 10 heteroatoms. The Hall–Kier alpha value is -2.82. The standard InChI is InChI=1S/C24H29N3O6S/c1-31-21-7-5-19(15-20(21)24(28)26-8-2-3-9-26)34(29,30)27-12-10-25(11-13-27)16-18-4-6-22-23(14-18)33-17-32-22/h4-7,14-15H,2-3,8-13,16-17H2,1H3. The lowest BCUT2D eigenvalue weighted by Crippen LogP contribution is -2.48. The van der Waals surface area contributed by atoms with Crippen LogP contribution >= 0.6 is 0 Å². The first-order valence-corrected chi connectivity index (χ1v) is 13.0. The molecule has 0 unspecified atom stereocenters. The fourth-order valence-corrected chi connectivity index (χ4v) is 6.13. The van der Waals surface area contributed by atoms with Gasteiger partial charge in [0.1, 0.15) is 5.75 Å². The molecule has 34 heavy (non-hydrogen) atoms. The van der Waals surface area contributed by atoms with Gasteiger partial charge in [0.05, 0.1) is 17.6 Å². The van der Waals surface area contributed by atoms with Gasteiger partial charge in [-0.25, -0.2) is 8.42 Å². The van der Waals surface area contributed by atoms with Crippen molar-refractivity contribution in [2.75, 3.05) is 53.2 Å². The second-order valence-electron chi connectivity index (χ2n) is 8.73. The summed E-state index contributed by atoms with van der Waals surface area (Å²) in [5.74, 6) is 1.71. The Labute approximate surface area is 199 Å². The lowest BCUT2D eigenvalue weighted by Gasteiger charge is -2.34. The number of methoxy groups -OCH3 is 1. The predicted molar refractivity (Wildman–Crippen MR) is 125 cm³/mol. The second-order valence-corrected chi connectivity index (χ2v) is 10.7. The quantitative estimate of drug-likeness (QED) is 0.617. The Balaban J connectivity index is 1.27. The number of fused-ring (bicyclic) bond motifs is 1. The highest BCUT2D eigenvalue weighted by Gasteiger charge is 2.31. The Morgan fingerprint density at radius 1 is 0.941 bits per heavy atom. The van der Waals surface area contributed by atoms with E-state index in [2.05, 4.69) is 4.90 Å². The first-order chi connectivity index (χ1) is 16.5. The van der Waals surface area contributed by atoms with E-state index in [0.29, 0.717) is 57.1 Å². The van der Waals surface area contributed by atoms with E-state index in [1.807, 2.05) is 18.2 Å². The third kappa shape index (κ3) is 4.45. The molecule has 182 valence electrons. The number of sulfonamides is 1. The molecule has 0 radical (unpaired) electrons. The number of likely N-dealkylation sites (tertiary alicyclic amines) is 1. The number of nitrogens with zero attached hydrogens (tertiary/aromatic N) is 3. The molecule has 2 aromatic carbocycles. The molecule has 1 amide bonds. The van der Waals surface area contributed by atoms with Gasteiger partial charge >= 0.3 is 0 Å². The Morgan fingerprint density at radius 2 is 1.68 bits per heavy atom. The van der Waals surface area contributed by atoms with Crippen molar-refractivity contribution >= 4 is 15.9 Å². The summed E-state index contributed by atoms with van der Waals surface area (Å²) in [6.45, 7) is 4.32. The van der Waals surface area contributed by atoms with E-state index < -0.39 is 10.0 Å². The Morgan fingerprint density at radius 3 is 2.41 bits per heavy atom. The summed E-state index contributed by atoms with van der Waals surface area (Å²) in [6, 6.07) is 10.4. The van der Waals surface area contributed by atoms with E-state index in [4.69, 9.17) is 14.2 Å². The summed E-state index contributed by atoms with van der Waals surface area (Å²) >= 11 is 0. The highest BCUT2D eigenvalue weighted by Crippen LogP contribution is 2.33. The first-order valence-electron chi connectivity index (χ1n) is 11.5. The number of carbonyl (C=O) groups is 1. The summed E-state index contributed by atoms with van der Waals surface area (Å²) in [5, 5.41) is 0. The number of ether oxygens (including phenoxy) is 3. The molecule has 0 aliphatic carbocycles. The smallest absolute Gasteiger partial charge is 0.257 e. The number of amides is 1. The van der Waals surface area contributed by atoms with Gasteiger partial charge in [0.25, 0.3) is 5.91 Å². The van der Waals surface area contributed by atoms with Gasteiger partial charge in [-0.3, -0.25) is 9.69 Å². The average Bonchev–Trinajstić information content (AvgIpc) is 3.55. The average molecular weight is 488 g/mol. The monoisotopic (exact) mass is 487 g/mol. The number of hydrogen-bond donors (Lipinski definition) is 0. The maximum atomic E-state index is 13.4. The van der Waals surface area contributed by atoms with E-state index in [0.717, 1.165) is 29.9 Å². The van der Waals surface area contributed by atoms with Gasteiger partial charge in [-0.05, 0) is 48.7 Å². The van der Waals surface area contributed by atoms with Crippen LogP contribution in [0.5, 0.6) is 17.2 Å². The summed E-state index contributed by atoms with van der Waals surface area (Å²) in [4.78, 5) is 17.1. The molecule has 2 fully saturated rings. The van der Waals surface area contributed by atoms with E-state index in [1.54, 1.807) is 11.0 Å². The highest BCUT2D eigenvalue weighted by molar-refractivity contribution is 7.89. The molecule has 0 spiro atoms. The summed E-state index contributed by atoms with van der Waals surface area (Å²) in [5.41, 5.74) is 1.40. The van der Waals surface area contributed by atoms with Crippen molar-refractivity contribution in [2.45, 2.75) is 24.3 Å². The second kappa shape index (κ2) is 9.44. The van der Waals surface area contributed by atoms with Crippen LogP contribution in [0.2, 0.25) is 0 Å². The van der Waals surface area contributed by atoms with Crippen LogP contribution in [0.4, 0.5) is 0 Å². The molecule has 9 nitrogen and oxygen atoms in total. The third-order valence-corrected chi connectivity index (χ3v) is 8.50. The molecule has 0 bridgehead atoms. The van der Waals surface area contributed by atoms with Gasteiger partial charge in [0.2, 0.25) is 16.8 Å². The van der Waals surface area contributed by atoms with E-state index in [9.17, 15) is 13.2 Å². The largest absolute Gasteiger partial charge is 0.496 e. The molecular formula is C24H29N3O6S. The van der Waals surface area contributed by atoms with Crippen LogP contribution < -0.4 is 14.2 Å². The molecule has 2 aromatic rings. The highest BCUT2D eigenvalue weighted by atomic mass is 32.2. The molecular weight excluding hydrogens is 458 g/mol. The van der Waals surface area contributed by atoms with E-state index in [1.165, 1.54) is 23.5 Å². The van der Waals surface area contributed by atoms with Crippen molar-refractivity contribution in [1.82, 2.24) is 14.1 Å². The summed E-state index contributed by atoms with van der Waals surface area (Å²) in [7, 11) is -2.24. The molecule has 0 aromatic heterocycles. The normalized spacial score (nSPS) is 18.9. The van der Waals surface area contributed by atoms with Crippen LogP contribution in [0.15, 0.2) is 41.3 Å². The SMILES string of the molecule is COc1ccc(S(=O)(=O)N2CCN(Cc3ccc4c(c3)OCO4)CC2)cc1C(=O)N1CCCC1. The number of rotatable bonds is 6. The zero-order valence-corrected chi connectivity index (χ0v) is 20.1. The van der Waals surface area contributed by atoms with Crippen LogP contribution in [-0.2, 0) is 16.6 Å². The minimum absolute atomic E-state index is 0.125. The maximum Gasteiger partial charge on any atom is 0.257 e. The first kappa shape index (κ1) is 22.9. The number of benzene rings is 2. The number of hydrogen-bond acceptors (Lipinski definition) is 7. The zero-order valence-electron chi connectivity index (χ0n) is 19.2. The van der Waals surface area contributed by atoms with Crippen molar-refractivity contribution < 1.29 is 27.4 Å². The van der Waals surface area contributed by atoms with Crippen molar-refractivity contribution in [3.05, 3.63) is 47.5 Å². The molecule has 3 aliphatic heterocycles. The minimum atomic E-state index is -3.73. The fraction of sp³-hybridized carbons (Fsp3) is 0.458. The molecule has 2 saturated heterocycles. The van der Waals surface area contributed by atoms with E-state index >= 15 is 0 Å². The summed E-state index contributed by atoms with van der Waals surface area (Å²) in [6.07, 6.45) is 1.92. The lowest BCUT2D eigenvalue weighted by atomic mass is 10.1. The van der Waals surface area contributed by atoms with Gasteiger partial charge in [-0.2, -0.15) is 4.31 Å². The summed E-state index contributed by atoms with van der Waals surface area (Å²) < 4.78 is 44.4. The number of piperazine rings is 1. The lowest BCUT2D eigenvalue weighted by molar-refractivity contribution is 0.0789. The van der Waals surface area contributed by atoms with Gasteiger partial charge < -0.3 is 19.1 Å². The molecule has 0 atom stereocenters. The van der Waals surface area contributed by atoms with Gasteiger partial charge in [0, 0.05) is 45.8 Å². The third-order valence-electron chi connectivity index (χ3n) is 6.61. The van der Waals surface area contributed by atoms with Crippen LogP contribution in [0.1, 0.15) is 28.8 Å². The molecule has 3 aliphatic rings. The topological polar surface area (TPSA) is 88.6 Å². The maximum absolute atomic E-state index is 13.4. The van der Waals surface area contributed by atoms with Gasteiger partial charge in [-0.15, -0.1) is 0 Å². The fourth-order valence-electron chi connectivity index (χ4n) is 4.68. The van der Waals surface area contributed by atoms with Crippen molar-refractivity contribution in [2.24, 2.45) is 0 Å². The Kier molecular flexibility index (Phi) is 6.37. The van der Waals surface area contributed by atoms with Gasteiger partial charge in [0.15, 0.2) is 11.5 Å². The predicted octanol–water partition coefficient (Wildman–Crippen LogP) is 2.17. The minimum Gasteiger partial charge on any atom is -0.496 e. The van der Waals surface area contributed by atoms with Crippen LogP contribution in [0.25, 0.3) is 0 Å². The van der Waals surface area contributed by atoms with Crippen LogP contribution in [-0.4, -0.2) is 81.6 Å². The molecule has 0 saturated carbocycles. The van der Waals surface area contributed by atoms with Crippen LogP contribution in [0, 0.1) is 0 Å². The van der Waals surface area contributed by atoms with E-state index in [-0.39, 0.29) is 17.6 Å². The van der Waals surface area contributed by atoms with Crippen molar-refractivity contribution in [1.29, 1.82) is 0 Å². The zero-order chi connectivity index (χ0) is 23.7. The Bertz CT molecular complexity index is 1170. The van der Waals surface area contributed by atoms with Crippen LogP contribution in [0.3, 0.4) is 0 Å². The van der Waals surface area contributed by atoms with Gasteiger partial charge in [-0.1, -0.05) is 6.07 Å². The number of carbonyl (C=O) groups excluding carboxylic acids is 1. The molecule has 0 N–H and O–H groups in total.